The Morgan fingerprint density at radius 3 is 1.94 bits per heavy atom. The van der Waals surface area contributed by atoms with Crippen LogP contribution in [0.25, 0.3) is 10.8 Å². The molecule has 0 aromatic heterocycles. The summed E-state index contributed by atoms with van der Waals surface area (Å²) >= 11 is 0. The highest BCUT2D eigenvalue weighted by Crippen LogP contribution is 2.20. The molecule has 0 aliphatic rings. The predicted molar refractivity (Wildman–Crippen MR) is 127 cm³/mol. The van der Waals surface area contributed by atoms with E-state index in [0.29, 0.717) is 16.3 Å². The quantitative estimate of drug-likeness (QED) is 0.211. The Morgan fingerprint density at radius 1 is 0.571 bits per heavy atom. The van der Waals surface area contributed by atoms with Crippen LogP contribution in [0.2, 0.25) is 0 Å². The van der Waals surface area contributed by atoms with E-state index in [9.17, 15) is 22.0 Å². The summed E-state index contributed by atoms with van der Waals surface area (Å²) in [5, 5.41) is 0.884. The minimum absolute atomic E-state index is 0.0446. The normalized spacial score (nSPS) is 10.5. The van der Waals surface area contributed by atoms with Crippen LogP contribution < -0.4 is 0 Å². The summed E-state index contributed by atoms with van der Waals surface area (Å²) in [5.41, 5.74) is 0.987. The number of rotatable bonds is 3. The zero-order chi connectivity index (χ0) is 24.9. The second kappa shape index (κ2) is 10.5. The van der Waals surface area contributed by atoms with Gasteiger partial charge in [0.15, 0.2) is 11.6 Å². The lowest BCUT2D eigenvalue weighted by atomic mass is 10.0. The van der Waals surface area contributed by atoms with Gasteiger partial charge >= 0.3 is 0 Å². The van der Waals surface area contributed by atoms with E-state index < -0.39 is 34.6 Å². The number of fused-ring (bicyclic) bond motifs is 1. The molecule has 0 fully saturated rings. The second-order valence-electron chi connectivity index (χ2n) is 8.06. The first-order chi connectivity index (χ1) is 16.8. The van der Waals surface area contributed by atoms with Crippen LogP contribution in [0.4, 0.5) is 22.0 Å². The van der Waals surface area contributed by atoms with Gasteiger partial charge in [0, 0.05) is 11.1 Å². The van der Waals surface area contributed by atoms with Gasteiger partial charge in [-0.05, 0) is 77.7 Å². The first kappa shape index (κ1) is 24.0. The van der Waals surface area contributed by atoms with Crippen LogP contribution in [0.5, 0.6) is 0 Å². The highest BCUT2D eigenvalue weighted by atomic mass is 19.2. The molecule has 0 saturated carbocycles. The highest BCUT2D eigenvalue weighted by molar-refractivity contribution is 5.84. The molecular weight excluding hydrogens is 455 g/mol. The van der Waals surface area contributed by atoms with E-state index in [-0.39, 0.29) is 11.1 Å². The maximum Gasteiger partial charge on any atom is 0.159 e. The number of halogens is 5. The van der Waals surface area contributed by atoms with Crippen molar-refractivity contribution in [1.82, 2.24) is 0 Å². The number of aryl methyl sites for hydroxylation is 1. The zero-order valence-electron chi connectivity index (χ0n) is 18.8. The van der Waals surface area contributed by atoms with E-state index in [4.69, 9.17) is 0 Å². The predicted octanol–water partition coefficient (Wildman–Crippen LogP) is 7.68. The Balaban J connectivity index is 1.58. The van der Waals surface area contributed by atoms with E-state index in [0.717, 1.165) is 49.1 Å². The molecule has 0 saturated heterocycles. The van der Waals surface area contributed by atoms with Gasteiger partial charge in [-0.25, -0.2) is 22.0 Å². The topological polar surface area (TPSA) is 0 Å². The molecule has 0 spiro atoms. The Labute approximate surface area is 200 Å². The molecule has 0 aliphatic heterocycles. The molecule has 0 nitrogen and oxygen atoms in total. The molecule has 4 aromatic carbocycles. The maximum absolute atomic E-state index is 14.6. The molecule has 174 valence electrons. The third-order valence-electron chi connectivity index (χ3n) is 5.45. The first-order valence-electron chi connectivity index (χ1n) is 11.0. The van der Waals surface area contributed by atoms with Gasteiger partial charge in [-0.3, -0.25) is 0 Å². The van der Waals surface area contributed by atoms with E-state index >= 15 is 0 Å². The van der Waals surface area contributed by atoms with E-state index in [2.05, 4.69) is 30.6 Å². The van der Waals surface area contributed by atoms with Gasteiger partial charge in [-0.2, -0.15) is 0 Å². The lowest BCUT2D eigenvalue weighted by Crippen LogP contribution is -1.93. The average Bonchev–Trinajstić information content (AvgIpc) is 2.82. The van der Waals surface area contributed by atoms with Crippen LogP contribution in [-0.4, -0.2) is 0 Å². The Hall–Kier alpha value is -4.09. The first-order valence-corrected chi connectivity index (χ1v) is 11.0. The minimum Gasteiger partial charge on any atom is -0.206 e. The fraction of sp³-hybridized carbons (Fsp3) is 0.133. The van der Waals surface area contributed by atoms with Crippen molar-refractivity contribution in [3.05, 3.63) is 118 Å². The van der Waals surface area contributed by atoms with Crippen LogP contribution >= 0.6 is 0 Å². The van der Waals surface area contributed by atoms with Crippen molar-refractivity contribution in [2.45, 2.75) is 26.2 Å². The summed E-state index contributed by atoms with van der Waals surface area (Å²) in [6, 6.07) is 13.5. The molecule has 4 rings (SSSR count). The van der Waals surface area contributed by atoms with Gasteiger partial charge < -0.3 is 0 Å². The molecule has 0 N–H and O–H groups in total. The smallest absolute Gasteiger partial charge is 0.159 e. The Kier molecular flexibility index (Phi) is 7.18. The van der Waals surface area contributed by atoms with Gasteiger partial charge in [0.1, 0.15) is 17.5 Å². The Morgan fingerprint density at radius 2 is 1.26 bits per heavy atom. The van der Waals surface area contributed by atoms with Crippen molar-refractivity contribution >= 4 is 10.8 Å². The number of benzene rings is 4. The highest BCUT2D eigenvalue weighted by Gasteiger charge is 2.09. The van der Waals surface area contributed by atoms with Gasteiger partial charge in [-0.1, -0.05) is 49.2 Å². The summed E-state index contributed by atoms with van der Waals surface area (Å²) in [6.07, 6.45) is 2.73. The third-order valence-corrected chi connectivity index (χ3v) is 5.45. The molecular formula is C30H19F5. The van der Waals surface area contributed by atoms with Crippen LogP contribution in [0.15, 0.2) is 60.7 Å². The molecule has 0 unspecified atom stereocenters. The molecule has 5 heteroatoms. The standard InChI is InChI=1S/C30H19F5/c1-2-3-4-19-5-9-22(26(31)14-19)10-7-21-15-27(32)25(28(33)16-21)12-8-20-6-11-23-17-29(34)30(35)18-24(23)13-20/h5-6,9,11,13-18H,2-4H2,1H3. The Bertz CT molecular complexity index is 1520. The SMILES string of the molecule is CCCCc1ccc(C#Cc2cc(F)c(C#Cc3ccc4cc(F)c(F)cc4c3)c(F)c2)c(F)c1. The molecule has 0 atom stereocenters. The van der Waals surface area contributed by atoms with Gasteiger partial charge in [0.05, 0.1) is 11.1 Å². The fourth-order valence-electron chi connectivity index (χ4n) is 3.56. The summed E-state index contributed by atoms with van der Waals surface area (Å²) in [5.74, 6) is 6.04. The van der Waals surface area contributed by atoms with Gasteiger partial charge in [-0.15, -0.1) is 0 Å². The maximum atomic E-state index is 14.6. The van der Waals surface area contributed by atoms with Crippen molar-refractivity contribution in [3.63, 3.8) is 0 Å². The van der Waals surface area contributed by atoms with Crippen LogP contribution in [0, 0.1) is 52.8 Å². The van der Waals surface area contributed by atoms with Crippen molar-refractivity contribution in [2.24, 2.45) is 0 Å². The lowest BCUT2D eigenvalue weighted by Gasteiger charge is -2.02. The van der Waals surface area contributed by atoms with E-state index in [1.165, 1.54) is 12.1 Å². The fourth-order valence-corrected chi connectivity index (χ4v) is 3.56. The number of hydrogen-bond acceptors (Lipinski definition) is 0. The molecule has 0 heterocycles. The van der Waals surface area contributed by atoms with Crippen LogP contribution in [0.1, 0.15) is 47.6 Å². The van der Waals surface area contributed by atoms with Crippen molar-refractivity contribution in [1.29, 1.82) is 0 Å². The number of unbranched alkanes of at least 4 members (excludes halogenated alkanes) is 1. The van der Waals surface area contributed by atoms with E-state index in [1.807, 2.05) is 0 Å². The van der Waals surface area contributed by atoms with Crippen LogP contribution in [-0.2, 0) is 6.42 Å². The van der Waals surface area contributed by atoms with Crippen LogP contribution in [0.3, 0.4) is 0 Å². The average molecular weight is 474 g/mol. The molecule has 0 amide bonds. The molecule has 0 bridgehead atoms. The van der Waals surface area contributed by atoms with E-state index in [1.54, 1.807) is 24.3 Å². The van der Waals surface area contributed by atoms with Gasteiger partial charge in [0.2, 0.25) is 0 Å². The summed E-state index contributed by atoms with van der Waals surface area (Å²) in [4.78, 5) is 0. The molecule has 0 aliphatic carbocycles. The molecule has 35 heavy (non-hydrogen) atoms. The minimum atomic E-state index is -0.997. The summed E-state index contributed by atoms with van der Waals surface area (Å²) in [6.45, 7) is 2.06. The molecule has 4 aromatic rings. The summed E-state index contributed by atoms with van der Waals surface area (Å²) < 4.78 is 70.3. The number of hydrogen-bond donors (Lipinski definition) is 0. The third kappa shape index (κ3) is 5.70. The largest absolute Gasteiger partial charge is 0.206 e. The second-order valence-corrected chi connectivity index (χ2v) is 8.06. The van der Waals surface area contributed by atoms with Crippen molar-refractivity contribution in [3.8, 4) is 23.7 Å². The lowest BCUT2D eigenvalue weighted by molar-refractivity contribution is 0.511. The van der Waals surface area contributed by atoms with Gasteiger partial charge in [0.25, 0.3) is 0 Å². The van der Waals surface area contributed by atoms with Crippen molar-refractivity contribution in [2.75, 3.05) is 0 Å². The zero-order valence-corrected chi connectivity index (χ0v) is 18.8. The monoisotopic (exact) mass is 474 g/mol. The summed E-state index contributed by atoms with van der Waals surface area (Å²) in [7, 11) is 0. The van der Waals surface area contributed by atoms with Crippen molar-refractivity contribution < 1.29 is 22.0 Å². The molecule has 0 radical (unpaired) electrons.